The van der Waals surface area contributed by atoms with E-state index in [9.17, 15) is 17.2 Å². The number of anilines is 1. The van der Waals surface area contributed by atoms with Gasteiger partial charge in [0.15, 0.2) is 11.6 Å². The van der Waals surface area contributed by atoms with E-state index in [0.717, 1.165) is 50.9 Å². The number of halogens is 2. The van der Waals surface area contributed by atoms with Crippen LogP contribution in [0, 0.1) is 11.6 Å². The predicted octanol–water partition coefficient (Wildman–Crippen LogP) is 3.78. The van der Waals surface area contributed by atoms with Crippen LogP contribution in [0.4, 0.5) is 14.5 Å². The van der Waals surface area contributed by atoms with Gasteiger partial charge in [0.1, 0.15) is 0 Å². The van der Waals surface area contributed by atoms with Gasteiger partial charge in [0.25, 0.3) is 0 Å². The highest BCUT2D eigenvalue weighted by Gasteiger charge is 2.30. The fourth-order valence-electron chi connectivity index (χ4n) is 3.60. The molecule has 170 valence electrons. The molecular formula is C21H33F2N3O3S. The van der Waals surface area contributed by atoms with Gasteiger partial charge < -0.3 is 9.64 Å². The zero-order valence-electron chi connectivity index (χ0n) is 17.8. The van der Waals surface area contributed by atoms with Crippen molar-refractivity contribution in [2.24, 2.45) is 0 Å². The van der Waals surface area contributed by atoms with E-state index in [1.165, 1.54) is 17.4 Å². The SMILES string of the molecule is C=CCN(C)CCCCO[C@H]1CC[C@H](N(C)S(=O)(=O)Nc2ccc(F)c(F)c2)CC1. The molecule has 0 amide bonds. The van der Waals surface area contributed by atoms with Crippen molar-refractivity contribution in [1.82, 2.24) is 9.21 Å². The topological polar surface area (TPSA) is 61.9 Å². The molecule has 2 rings (SSSR count). The average molecular weight is 446 g/mol. The maximum atomic E-state index is 13.3. The van der Waals surface area contributed by atoms with Crippen molar-refractivity contribution >= 4 is 15.9 Å². The molecule has 9 heteroatoms. The number of rotatable bonds is 12. The molecule has 1 saturated carbocycles. The van der Waals surface area contributed by atoms with Crippen LogP contribution in [-0.4, -0.2) is 63.6 Å². The molecule has 1 N–H and O–H groups in total. The Kier molecular flexibility index (Phi) is 9.67. The normalized spacial score (nSPS) is 19.9. The van der Waals surface area contributed by atoms with Gasteiger partial charge in [-0.2, -0.15) is 12.7 Å². The Morgan fingerprint density at radius 2 is 1.87 bits per heavy atom. The van der Waals surface area contributed by atoms with Crippen molar-refractivity contribution in [2.45, 2.75) is 50.7 Å². The number of unbranched alkanes of at least 4 members (excludes halogenated alkanes) is 1. The lowest BCUT2D eigenvalue weighted by molar-refractivity contribution is 0.0153. The molecule has 6 nitrogen and oxygen atoms in total. The van der Waals surface area contributed by atoms with Gasteiger partial charge in [-0.15, -0.1) is 6.58 Å². The third kappa shape index (κ3) is 7.61. The number of ether oxygens (including phenoxy) is 1. The monoisotopic (exact) mass is 445 g/mol. The van der Waals surface area contributed by atoms with Crippen LogP contribution in [0.1, 0.15) is 38.5 Å². The van der Waals surface area contributed by atoms with E-state index < -0.39 is 21.8 Å². The highest BCUT2D eigenvalue weighted by Crippen LogP contribution is 2.27. The van der Waals surface area contributed by atoms with Gasteiger partial charge in [-0.3, -0.25) is 4.72 Å². The van der Waals surface area contributed by atoms with E-state index in [1.807, 2.05) is 6.08 Å². The maximum Gasteiger partial charge on any atom is 0.301 e. The lowest BCUT2D eigenvalue weighted by Crippen LogP contribution is -2.43. The number of hydrogen-bond acceptors (Lipinski definition) is 4. The largest absolute Gasteiger partial charge is 0.378 e. The summed E-state index contributed by atoms with van der Waals surface area (Å²) in [5, 5.41) is 0. The molecule has 1 aromatic carbocycles. The third-order valence-electron chi connectivity index (χ3n) is 5.43. The summed E-state index contributed by atoms with van der Waals surface area (Å²) in [7, 11) is -0.283. The lowest BCUT2D eigenvalue weighted by atomic mass is 9.93. The van der Waals surface area contributed by atoms with Crippen LogP contribution >= 0.6 is 0 Å². The Balaban J connectivity index is 1.73. The molecule has 1 aromatic rings. The minimum absolute atomic E-state index is 0.00324. The van der Waals surface area contributed by atoms with Crippen LogP contribution < -0.4 is 4.72 Å². The van der Waals surface area contributed by atoms with Crippen molar-refractivity contribution in [3.05, 3.63) is 42.5 Å². The van der Waals surface area contributed by atoms with Crippen LogP contribution in [0.2, 0.25) is 0 Å². The number of nitrogens with one attached hydrogen (secondary N) is 1. The van der Waals surface area contributed by atoms with E-state index in [4.69, 9.17) is 4.74 Å². The minimum Gasteiger partial charge on any atom is -0.378 e. The predicted molar refractivity (Wildman–Crippen MR) is 116 cm³/mol. The summed E-state index contributed by atoms with van der Waals surface area (Å²) in [5.41, 5.74) is -0.00324. The molecule has 0 aromatic heterocycles. The summed E-state index contributed by atoms with van der Waals surface area (Å²) in [6, 6.07) is 2.78. The second-order valence-corrected chi connectivity index (χ2v) is 9.54. The summed E-state index contributed by atoms with van der Waals surface area (Å²) < 4.78 is 61.1. The Hall–Kier alpha value is -1.55. The summed E-state index contributed by atoms with van der Waals surface area (Å²) in [6.07, 6.45) is 7.09. The number of likely N-dealkylation sites (N-methyl/N-ethyl adjacent to an activating group) is 1. The molecule has 0 bridgehead atoms. The van der Waals surface area contributed by atoms with Crippen molar-refractivity contribution in [3.8, 4) is 0 Å². The molecule has 0 radical (unpaired) electrons. The molecule has 0 saturated heterocycles. The van der Waals surface area contributed by atoms with Gasteiger partial charge in [0, 0.05) is 32.3 Å². The molecule has 0 aliphatic heterocycles. The van der Waals surface area contributed by atoms with E-state index in [2.05, 4.69) is 23.2 Å². The number of nitrogens with zero attached hydrogens (tertiary/aromatic N) is 2. The fourth-order valence-corrected chi connectivity index (χ4v) is 4.77. The summed E-state index contributed by atoms with van der Waals surface area (Å²) in [5.74, 6) is -2.11. The first-order valence-corrected chi connectivity index (χ1v) is 11.8. The number of hydrogen-bond donors (Lipinski definition) is 1. The standard InChI is InChI=1S/C21H33F2N3O3S/c1-4-13-25(2)14-5-6-15-29-19-10-8-18(9-11-19)26(3)30(27,28)24-17-7-12-20(22)21(23)16-17/h4,7,12,16,18-19,24H,1,5-6,8-11,13-15H2,2-3H3/t18-,19-. The van der Waals surface area contributed by atoms with Gasteiger partial charge in [-0.25, -0.2) is 8.78 Å². The molecule has 1 fully saturated rings. The Morgan fingerprint density at radius 1 is 1.17 bits per heavy atom. The molecule has 0 atom stereocenters. The maximum absolute atomic E-state index is 13.3. The summed E-state index contributed by atoms with van der Waals surface area (Å²) >= 11 is 0. The van der Waals surface area contributed by atoms with Crippen molar-refractivity contribution < 1.29 is 21.9 Å². The van der Waals surface area contributed by atoms with Crippen molar-refractivity contribution in [2.75, 3.05) is 38.5 Å². The van der Waals surface area contributed by atoms with E-state index in [0.29, 0.717) is 19.4 Å². The van der Waals surface area contributed by atoms with Crippen molar-refractivity contribution in [1.29, 1.82) is 0 Å². The molecule has 0 spiro atoms. The molecule has 0 heterocycles. The number of benzene rings is 1. The van der Waals surface area contributed by atoms with Gasteiger partial charge in [-0.1, -0.05) is 6.08 Å². The van der Waals surface area contributed by atoms with Crippen LogP contribution in [-0.2, 0) is 14.9 Å². The van der Waals surface area contributed by atoms with E-state index in [1.54, 1.807) is 0 Å². The van der Waals surface area contributed by atoms with Gasteiger partial charge >= 0.3 is 10.2 Å². The zero-order chi connectivity index (χ0) is 22.1. The average Bonchev–Trinajstić information content (AvgIpc) is 2.70. The smallest absolute Gasteiger partial charge is 0.301 e. The second-order valence-electron chi connectivity index (χ2n) is 7.81. The third-order valence-corrected chi connectivity index (χ3v) is 6.98. The molecular weight excluding hydrogens is 412 g/mol. The summed E-state index contributed by atoms with van der Waals surface area (Å²) in [4.78, 5) is 2.21. The first-order valence-electron chi connectivity index (χ1n) is 10.3. The molecule has 0 unspecified atom stereocenters. The van der Waals surface area contributed by atoms with Gasteiger partial charge in [-0.05, 0) is 64.3 Å². The minimum atomic E-state index is -3.86. The first kappa shape index (κ1) is 24.7. The van der Waals surface area contributed by atoms with Crippen LogP contribution in [0.25, 0.3) is 0 Å². The Labute approximate surface area is 179 Å². The van der Waals surface area contributed by atoms with Gasteiger partial charge in [0.2, 0.25) is 0 Å². The van der Waals surface area contributed by atoms with Crippen molar-refractivity contribution in [3.63, 3.8) is 0 Å². The second kappa shape index (κ2) is 11.7. The quantitative estimate of drug-likeness (QED) is 0.393. The lowest BCUT2D eigenvalue weighted by Gasteiger charge is -2.34. The van der Waals surface area contributed by atoms with E-state index in [-0.39, 0.29) is 17.8 Å². The Bertz CT molecular complexity index is 784. The highest BCUT2D eigenvalue weighted by atomic mass is 32.2. The molecule has 1 aliphatic carbocycles. The Morgan fingerprint density at radius 3 is 2.50 bits per heavy atom. The van der Waals surface area contributed by atoms with Crippen LogP contribution in [0.3, 0.4) is 0 Å². The molecule has 1 aliphatic rings. The van der Waals surface area contributed by atoms with E-state index >= 15 is 0 Å². The zero-order valence-corrected chi connectivity index (χ0v) is 18.6. The van der Waals surface area contributed by atoms with Crippen LogP contribution in [0.5, 0.6) is 0 Å². The first-order chi connectivity index (χ1) is 14.2. The fraction of sp³-hybridized carbons (Fsp3) is 0.619. The summed E-state index contributed by atoms with van der Waals surface area (Å²) in [6.45, 7) is 6.33. The van der Waals surface area contributed by atoms with Crippen LogP contribution in [0.15, 0.2) is 30.9 Å². The molecule has 30 heavy (non-hydrogen) atoms. The highest BCUT2D eigenvalue weighted by molar-refractivity contribution is 7.90. The van der Waals surface area contributed by atoms with Gasteiger partial charge in [0.05, 0.1) is 11.8 Å².